The van der Waals surface area contributed by atoms with E-state index in [1.165, 1.54) is 32.1 Å². The molecule has 5 rings (SSSR count). The first kappa shape index (κ1) is 18.1. The zero-order valence-corrected chi connectivity index (χ0v) is 16.9. The minimum absolute atomic E-state index is 0.557. The Kier molecular flexibility index (Phi) is 5.09. The number of nitrogens with zero attached hydrogens (tertiary/aromatic N) is 3. The van der Waals surface area contributed by atoms with Crippen molar-refractivity contribution in [3.05, 3.63) is 60.9 Å². The van der Waals surface area contributed by atoms with E-state index in [2.05, 4.69) is 21.4 Å². The lowest BCUT2D eigenvalue weighted by atomic mass is 9.96. The molecule has 1 aliphatic rings. The summed E-state index contributed by atoms with van der Waals surface area (Å²) in [6, 6.07) is 16.2. The molecule has 0 bridgehead atoms. The minimum atomic E-state index is 0.557. The standard InChI is InChI=1S/C23H22N4OS/c1-2-6-16(7-3-1)26-23-27-20-10-9-17(15-22(20)29-23)28-18-11-13-25-21(14-18)19-8-4-5-12-24-19/h4-5,8-16H,1-3,6-7H2,(H,26,27). The molecule has 0 radical (unpaired) electrons. The van der Waals surface area contributed by atoms with Crippen LogP contribution >= 0.6 is 11.3 Å². The molecule has 1 N–H and O–H groups in total. The Morgan fingerprint density at radius 3 is 2.59 bits per heavy atom. The molecule has 3 aromatic heterocycles. The Morgan fingerprint density at radius 1 is 0.862 bits per heavy atom. The third-order valence-corrected chi connectivity index (χ3v) is 6.14. The molecule has 1 fully saturated rings. The highest BCUT2D eigenvalue weighted by molar-refractivity contribution is 7.22. The van der Waals surface area contributed by atoms with Crippen LogP contribution in [0.2, 0.25) is 0 Å². The zero-order chi connectivity index (χ0) is 19.5. The van der Waals surface area contributed by atoms with Gasteiger partial charge in [0.25, 0.3) is 0 Å². The highest BCUT2D eigenvalue weighted by Crippen LogP contribution is 2.33. The molecular weight excluding hydrogens is 380 g/mol. The van der Waals surface area contributed by atoms with Gasteiger partial charge < -0.3 is 10.1 Å². The molecule has 1 saturated carbocycles. The van der Waals surface area contributed by atoms with Crippen molar-refractivity contribution in [3.63, 3.8) is 0 Å². The minimum Gasteiger partial charge on any atom is -0.457 e. The van der Waals surface area contributed by atoms with Gasteiger partial charge >= 0.3 is 0 Å². The van der Waals surface area contributed by atoms with E-state index >= 15 is 0 Å². The van der Waals surface area contributed by atoms with Crippen LogP contribution in [0.1, 0.15) is 32.1 Å². The summed E-state index contributed by atoms with van der Waals surface area (Å²) < 4.78 is 7.22. The first-order chi connectivity index (χ1) is 14.3. The van der Waals surface area contributed by atoms with Crippen LogP contribution in [0.3, 0.4) is 0 Å². The summed E-state index contributed by atoms with van der Waals surface area (Å²) in [7, 11) is 0. The van der Waals surface area contributed by atoms with Gasteiger partial charge in [-0.1, -0.05) is 36.7 Å². The highest BCUT2D eigenvalue weighted by Gasteiger charge is 2.15. The van der Waals surface area contributed by atoms with Crippen molar-refractivity contribution < 1.29 is 4.74 Å². The van der Waals surface area contributed by atoms with Crippen molar-refractivity contribution in [2.75, 3.05) is 5.32 Å². The SMILES string of the molecule is c1ccc(-c2cc(Oc3ccc4nc(NC5CCCCC5)sc4c3)ccn2)nc1. The smallest absolute Gasteiger partial charge is 0.184 e. The number of pyridine rings is 2. The van der Waals surface area contributed by atoms with Gasteiger partial charge in [0.05, 0.1) is 21.6 Å². The Morgan fingerprint density at radius 2 is 1.72 bits per heavy atom. The second-order valence-corrected chi connectivity index (χ2v) is 8.35. The molecule has 0 aliphatic heterocycles. The second kappa shape index (κ2) is 8.17. The number of aromatic nitrogens is 3. The van der Waals surface area contributed by atoms with Gasteiger partial charge in [-0.3, -0.25) is 9.97 Å². The number of rotatable bonds is 5. The molecule has 4 aromatic rings. The van der Waals surface area contributed by atoms with Crippen molar-refractivity contribution in [1.82, 2.24) is 15.0 Å². The van der Waals surface area contributed by atoms with Gasteiger partial charge in [0.15, 0.2) is 5.13 Å². The molecule has 1 aromatic carbocycles. The van der Waals surface area contributed by atoms with Crippen molar-refractivity contribution in [2.24, 2.45) is 0 Å². The number of anilines is 1. The van der Waals surface area contributed by atoms with E-state index in [0.717, 1.165) is 38.2 Å². The van der Waals surface area contributed by atoms with Crippen LogP contribution < -0.4 is 10.1 Å². The zero-order valence-electron chi connectivity index (χ0n) is 16.0. The first-order valence-corrected chi connectivity index (χ1v) is 10.9. The predicted octanol–water partition coefficient (Wildman–Crippen LogP) is 6.29. The number of benzene rings is 1. The molecule has 0 amide bonds. The fraction of sp³-hybridized carbons (Fsp3) is 0.261. The van der Waals surface area contributed by atoms with E-state index in [0.29, 0.717) is 6.04 Å². The van der Waals surface area contributed by atoms with E-state index in [1.54, 1.807) is 23.7 Å². The Bertz CT molecular complexity index is 1110. The van der Waals surface area contributed by atoms with Gasteiger partial charge in [-0.05, 0) is 43.2 Å². The van der Waals surface area contributed by atoms with E-state index in [1.807, 2.05) is 42.5 Å². The number of hydrogen-bond donors (Lipinski definition) is 1. The summed E-state index contributed by atoms with van der Waals surface area (Å²) in [6.07, 6.45) is 9.98. The molecule has 6 heteroatoms. The summed E-state index contributed by atoms with van der Waals surface area (Å²) in [5.74, 6) is 1.54. The third kappa shape index (κ3) is 4.22. The average molecular weight is 403 g/mol. The Hall–Kier alpha value is -2.99. The maximum absolute atomic E-state index is 6.10. The molecule has 3 heterocycles. The van der Waals surface area contributed by atoms with Crippen molar-refractivity contribution in [1.29, 1.82) is 0 Å². The Balaban J connectivity index is 1.34. The maximum Gasteiger partial charge on any atom is 0.184 e. The lowest BCUT2D eigenvalue weighted by Gasteiger charge is -2.22. The first-order valence-electron chi connectivity index (χ1n) is 10.1. The molecule has 0 atom stereocenters. The van der Waals surface area contributed by atoms with E-state index in [-0.39, 0.29) is 0 Å². The van der Waals surface area contributed by atoms with Crippen molar-refractivity contribution in [2.45, 2.75) is 38.1 Å². The van der Waals surface area contributed by atoms with Crippen molar-refractivity contribution in [3.8, 4) is 22.9 Å². The lowest BCUT2D eigenvalue weighted by molar-refractivity contribution is 0.462. The molecule has 29 heavy (non-hydrogen) atoms. The lowest BCUT2D eigenvalue weighted by Crippen LogP contribution is -2.21. The normalized spacial score (nSPS) is 14.8. The second-order valence-electron chi connectivity index (χ2n) is 7.32. The maximum atomic E-state index is 6.10. The average Bonchev–Trinajstić information content (AvgIpc) is 3.17. The van der Waals surface area contributed by atoms with Gasteiger partial charge in [-0.25, -0.2) is 4.98 Å². The third-order valence-electron chi connectivity index (χ3n) is 5.19. The Labute approximate surface area is 173 Å². The van der Waals surface area contributed by atoms with Crippen molar-refractivity contribution >= 4 is 26.7 Å². The van der Waals surface area contributed by atoms with Crippen LogP contribution in [-0.2, 0) is 0 Å². The summed E-state index contributed by atoms with van der Waals surface area (Å²) in [6.45, 7) is 0. The van der Waals surface area contributed by atoms with Gasteiger partial charge in [0.1, 0.15) is 11.5 Å². The van der Waals surface area contributed by atoms with Crippen LogP contribution in [0.4, 0.5) is 5.13 Å². The fourth-order valence-corrected chi connectivity index (χ4v) is 4.69. The number of fused-ring (bicyclic) bond motifs is 1. The fourth-order valence-electron chi connectivity index (χ4n) is 3.72. The molecule has 0 unspecified atom stereocenters. The quantitative estimate of drug-likeness (QED) is 0.425. The summed E-state index contributed by atoms with van der Waals surface area (Å²) in [5.41, 5.74) is 2.62. The summed E-state index contributed by atoms with van der Waals surface area (Å²) in [5, 5.41) is 4.62. The molecule has 146 valence electrons. The molecule has 0 spiro atoms. The van der Waals surface area contributed by atoms with Crippen LogP contribution in [0, 0.1) is 0 Å². The van der Waals surface area contributed by atoms with Gasteiger partial charge in [0, 0.05) is 30.6 Å². The van der Waals surface area contributed by atoms with Gasteiger partial charge in [-0.2, -0.15) is 0 Å². The number of hydrogen-bond acceptors (Lipinski definition) is 6. The van der Waals surface area contributed by atoms with E-state index in [9.17, 15) is 0 Å². The molecule has 0 saturated heterocycles. The molecular formula is C23H22N4OS. The predicted molar refractivity (Wildman–Crippen MR) is 118 cm³/mol. The molecule has 5 nitrogen and oxygen atoms in total. The topological polar surface area (TPSA) is 59.9 Å². The van der Waals surface area contributed by atoms with Crippen LogP contribution in [0.25, 0.3) is 21.6 Å². The highest BCUT2D eigenvalue weighted by atomic mass is 32.1. The van der Waals surface area contributed by atoms with Gasteiger partial charge in [0.2, 0.25) is 0 Å². The van der Waals surface area contributed by atoms with E-state index in [4.69, 9.17) is 9.72 Å². The number of nitrogens with one attached hydrogen (secondary N) is 1. The van der Waals surface area contributed by atoms with Gasteiger partial charge in [-0.15, -0.1) is 0 Å². The molecule has 1 aliphatic carbocycles. The van der Waals surface area contributed by atoms with Crippen LogP contribution in [0.15, 0.2) is 60.9 Å². The van der Waals surface area contributed by atoms with Crippen LogP contribution in [0.5, 0.6) is 11.5 Å². The van der Waals surface area contributed by atoms with E-state index < -0.39 is 0 Å². The number of thiazole rings is 1. The number of ether oxygens (including phenoxy) is 1. The monoisotopic (exact) mass is 402 g/mol. The summed E-state index contributed by atoms with van der Waals surface area (Å²) in [4.78, 5) is 13.5. The largest absolute Gasteiger partial charge is 0.457 e. The summed E-state index contributed by atoms with van der Waals surface area (Å²) >= 11 is 1.69. The van der Waals surface area contributed by atoms with Crippen LogP contribution in [-0.4, -0.2) is 21.0 Å².